The van der Waals surface area contributed by atoms with E-state index in [4.69, 9.17) is 4.74 Å². The van der Waals surface area contributed by atoms with Crippen LogP contribution >= 0.6 is 0 Å². The van der Waals surface area contributed by atoms with Crippen LogP contribution in [0.5, 0.6) is 0 Å². The van der Waals surface area contributed by atoms with Gasteiger partial charge in [0.1, 0.15) is 11.4 Å². The molecule has 1 saturated carbocycles. The SMILES string of the molecule is O=C1C[C@H](C(=O)NCCCc2ccc(F)cc2)C2(CCCC2)O1. The van der Waals surface area contributed by atoms with Crippen LogP contribution in [-0.4, -0.2) is 24.0 Å². The molecule has 4 nitrogen and oxygen atoms in total. The van der Waals surface area contributed by atoms with Crippen LogP contribution < -0.4 is 5.32 Å². The number of ether oxygens (including phenoxy) is 1. The Kier molecular flexibility index (Phi) is 4.64. The Morgan fingerprint density at radius 3 is 2.65 bits per heavy atom. The summed E-state index contributed by atoms with van der Waals surface area (Å²) in [4.78, 5) is 24.0. The van der Waals surface area contributed by atoms with Gasteiger partial charge in [0.05, 0.1) is 12.3 Å². The Morgan fingerprint density at radius 2 is 1.96 bits per heavy atom. The van der Waals surface area contributed by atoms with Crippen LogP contribution in [0.15, 0.2) is 24.3 Å². The number of hydrogen-bond donors (Lipinski definition) is 1. The quantitative estimate of drug-likeness (QED) is 0.671. The molecule has 0 unspecified atom stereocenters. The number of amides is 1. The molecule has 124 valence electrons. The van der Waals surface area contributed by atoms with E-state index in [2.05, 4.69) is 5.32 Å². The maximum absolute atomic E-state index is 12.8. The van der Waals surface area contributed by atoms with E-state index in [1.54, 1.807) is 12.1 Å². The third-order valence-electron chi connectivity index (χ3n) is 4.94. The molecule has 0 aromatic heterocycles. The van der Waals surface area contributed by atoms with Crippen molar-refractivity contribution in [2.75, 3.05) is 6.54 Å². The molecule has 0 radical (unpaired) electrons. The summed E-state index contributed by atoms with van der Waals surface area (Å²) in [5, 5.41) is 2.93. The molecular formula is C18H22FNO3. The predicted octanol–water partition coefficient (Wildman–Crippen LogP) is 2.75. The number of rotatable bonds is 5. The van der Waals surface area contributed by atoms with Crippen molar-refractivity contribution in [3.63, 3.8) is 0 Å². The molecule has 1 atom stereocenters. The summed E-state index contributed by atoms with van der Waals surface area (Å²) in [6.45, 7) is 0.553. The molecule has 1 aromatic rings. The van der Waals surface area contributed by atoms with E-state index in [0.29, 0.717) is 6.54 Å². The van der Waals surface area contributed by atoms with Crippen molar-refractivity contribution in [2.45, 2.75) is 50.5 Å². The zero-order chi connectivity index (χ0) is 16.3. The van der Waals surface area contributed by atoms with E-state index >= 15 is 0 Å². The molecule has 1 aliphatic carbocycles. The molecule has 23 heavy (non-hydrogen) atoms. The third kappa shape index (κ3) is 3.54. The average molecular weight is 319 g/mol. The fourth-order valence-corrected chi connectivity index (χ4v) is 3.73. The van der Waals surface area contributed by atoms with E-state index in [-0.39, 0.29) is 30.0 Å². The fourth-order valence-electron chi connectivity index (χ4n) is 3.73. The van der Waals surface area contributed by atoms with Crippen molar-refractivity contribution >= 4 is 11.9 Å². The number of esters is 1. The lowest BCUT2D eigenvalue weighted by molar-refractivity contribution is -0.149. The largest absolute Gasteiger partial charge is 0.458 e. The van der Waals surface area contributed by atoms with Crippen LogP contribution in [0.4, 0.5) is 4.39 Å². The summed E-state index contributed by atoms with van der Waals surface area (Å²) in [6, 6.07) is 6.40. The van der Waals surface area contributed by atoms with Crippen molar-refractivity contribution < 1.29 is 18.7 Å². The maximum atomic E-state index is 12.8. The Labute approximate surface area is 135 Å². The predicted molar refractivity (Wildman–Crippen MR) is 83.1 cm³/mol. The van der Waals surface area contributed by atoms with Crippen LogP contribution in [0.1, 0.15) is 44.1 Å². The molecule has 1 aromatic carbocycles. The van der Waals surface area contributed by atoms with Gasteiger partial charge in [0.25, 0.3) is 0 Å². The third-order valence-corrected chi connectivity index (χ3v) is 4.94. The van der Waals surface area contributed by atoms with Crippen molar-refractivity contribution in [1.29, 1.82) is 0 Å². The highest BCUT2D eigenvalue weighted by atomic mass is 19.1. The first kappa shape index (κ1) is 16.0. The molecule has 1 spiro atoms. The van der Waals surface area contributed by atoms with Gasteiger partial charge in [-0.2, -0.15) is 0 Å². The monoisotopic (exact) mass is 319 g/mol. The van der Waals surface area contributed by atoms with Gasteiger partial charge in [-0.25, -0.2) is 4.39 Å². The number of carbonyl (C=O) groups excluding carboxylic acids is 2. The number of nitrogens with one attached hydrogen (secondary N) is 1. The molecule has 0 bridgehead atoms. The minimum absolute atomic E-state index is 0.0724. The number of aryl methyl sites for hydroxylation is 1. The van der Waals surface area contributed by atoms with Crippen LogP contribution in [0.3, 0.4) is 0 Å². The summed E-state index contributed by atoms with van der Waals surface area (Å²) in [5.41, 5.74) is 0.505. The Balaban J connectivity index is 1.47. The molecule has 1 amide bonds. The van der Waals surface area contributed by atoms with Gasteiger partial charge >= 0.3 is 5.97 Å². The van der Waals surface area contributed by atoms with E-state index < -0.39 is 5.60 Å². The van der Waals surface area contributed by atoms with Gasteiger partial charge in [0.2, 0.25) is 5.91 Å². The first-order valence-corrected chi connectivity index (χ1v) is 8.33. The molecule has 1 aliphatic heterocycles. The molecule has 5 heteroatoms. The van der Waals surface area contributed by atoms with Gasteiger partial charge in [-0.3, -0.25) is 9.59 Å². The summed E-state index contributed by atoms with van der Waals surface area (Å²) < 4.78 is 18.3. The van der Waals surface area contributed by atoms with E-state index in [1.165, 1.54) is 12.1 Å². The van der Waals surface area contributed by atoms with Crippen molar-refractivity contribution in [2.24, 2.45) is 5.92 Å². The highest BCUT2D eigenvalue weighted by molar-refractivity contribution is 5.87. The average Bonchev–Trinajstić information content (AvgIpc) is 3.12. The van der Waals surface area contributed by atoms with Crippen molar-refractivity contribution in [3.8, 4) is 0 Å². The van der Waals surface area contributed by atoms with Gasteiger partial charge < -0.3 is 10.1 Å². The van der Waals surface area contributed by atoms with Crippen LogP contribution in [0, 0.1) is 11.7 Å². The zero-order valence-electron chi connectivity index (χ0n) is 13.1. The topological polar surface area (TPSA) is 55.4 Å². The van der Waals surface area contributed by atoms with Gasteiger partial charge in [-0.05, 0) is 56.2 Å². The second kappa shape index (κ2) is 6.69. The summed E-state index contributed by atoms with van der Waals surface area (Å²) in [7, 11) is 0. The molecule has 1 heterocycles. The zero-order valence-corrected chi connectivity index (χ0v) is 13.1. The van der Waals surface area contributed by atoms with Gasteiger partial charge in [-0.15, -0.1) is 0 Å². The fraction of sp³-hybridized carbons (Fsp3) is 0.556. The molecule has 1 saturated heterocycles. The molecule has 2 fully saturated rings. The smallest absolute Gasteiger partial charge is 0.307 e. The van der Waals surface area contributed by atoms with Crippen LogP contribution in [0.25, 0.3) is 0 Å². The lowest BCUT2D eigenvalue weighted by atomic mass is 9.85. The highest BCUT2D eigenvalue weighted by Crippen LogP contribution is 2.45. The van der Waals surface area contributed by atoms with E-state index in [9.17, 15) is 14.0 Å². The number of benzene rings is 1. The second-order valence-corrected chi connectivity index (χ2v) is 6.52. The maximum Gasteiger partial charge on any atom is 0.307 e. The lowest BCUT2D eigenvalue weighted by Crippen LogP contribution is -2.43. The van der Waals surface area contributed by atoms with Gasteiger partial charge in [0, 0.05) is 6.54 Å². The minimum atomic E-state index is -0.544. The number of halogens is 1. The summed E-state index contributed by atoms with van der Waals surface area (Å²) >= 11 is 0. The number of carbonyl (C=O) groups is 2. The standard InChI is InChI=1S/C18H22FNO3/c19-14-7-5-13(6-8-14)4-3-11-20-17(22)15-12-16(21)23-18(15)9-1-2-10-18/h5-8,15H,1-4,9-12H2,(H,20,22)/t15-/m1/s1. The normalized spacial score (nSPS) is 22.3. The van der Waals surface area contributed by atoms with Crippen molar-refractivity contribution in [3.05, 3.63) is 35.6 Å². The Bertz CT molecular complexity index is 578. The summed E-state index contributed by atoms with van der Waals surface area (Å²) in [5.74, 6) is -0.909. The Morgan fingerprint density at radius 1 is 1.26 bits per heavy atom. The molecule has 3 rings (SSSR count). The second-order valence-electron chi connectivity index (χ2n) is 6.52. The minimum Gasteiger partial charge on any atom is -0.458 e. The van der Waals surface area contributed by atoms with Crippen LogP contribution in [0.2, 0.25) is 0 Å². The van der Waals surface area contributed by atoms with E-state index in [0.717, 1.165) is 44.1 Å². The van der Waals surface area contributed by atoms with Gasteiger partial charge in [-0.1, -0.05) is 12.1 Å². The lowest BCUT2D eigenvalue weighted by Gasteiger charge is -2.27. The molecule has 2 aliphatic rings. The molecular weight excluding hydrogens is 297 g/mol. The molecule has 1 N–H and O–H groups in total. The first-order chi connectivity index (χ1) is 11.1. The van der Waals surface area contributed by atoms with E-state index in [1.807, 2.05) is 0 Å². The number of hydrogen-bond acceptors (Lipinski definition) is 3. The van der Waals surface area contributed by atoms with Crippen molar-refractivity contribution in [1.82, 2.24) is 5.32 Å². The van der Waals surface area contributed by atoms with Gasteiger partial charge in [0.15, 0.2) is 0 Å². The van der Waals surface area contributed by atoms with Crippen LogP contribution in [-0.2, 0) is 20.7 Å². The highest BCUT2D eigenvalue weighted by Gasteiger charge is 2.53. The summed E-state index contributed by atoms with van der Waals surface area (Å²) in [6.07, 6.45) is 5.39. The Hall–Kier alpha value is -1.91. The first-order valence-electron chi connectivity index (χ1n) is 8.33.